The molecule has 2 heterocycles. The molecule has 1 aliphatic carbocycles. The van der Waals surface area contributed by atoms with Crippen molar-refractivity contribution in [2.75, 3.05) is 40.0 Å². The predicted octanol–water partition coefficient (Wildman–Crippen LogP) is 1.84. The number of likely N-dealkylation sites (N-methyl/N-ethyl adjacent to an activating group) is 1. The summed E-state index contributed by atoms with van der Waals surface area (Å²) in [7, 11) is 1.10. The van der Waals surface area contributed by atoms with E-state index in [4.69, 9.17) is 37.9 Å². The lowest BCUT2D eigenvalue weighted by Gasteiger charge is -2.50. The van der Waals surface area contributed by atoms with Gasteiger partial charge in [-0.25, -0.2) is 28.4 Å². The van der Waals surface area contributed by atoms with Crippen LogP contribution in [0.15, 0.2) is 0 Å². The fraction of sp³-hybridized carbons (Fsp3) is 0.867. The molecule has 0 aromatic heterocycles. The van der Waals surface area contributed by atoms with Gasteiger partial charge in [0.15, 0.2) is 12.6 Å². The molecule has 0 aromatic rings. The maximum Gasteiger partial charge on any atom is 0.410 e. The van der Waals surface area contributed by atoms with E-state index >= 15 is 0 Å². The minimum atomic E-state index is -2.02. The third-order valence-corrected chi connectivity index (χ3v) is 10.8. The number of amides is 6. The molecule has 26 heteroatoms. The molecular weight excluding hydrogens is 948 g/mol. The average molecular weight is 1030 g/mol. The zero-order valence-electron chi connectivity index (χ0n) is 43.3. The van der Waals surface area contributed by atoms with E-state index in [2.05, 4.69) is 21.3 Å². The number of rotatable bonds is 15. The van der Waals surface area contributed by atoms with E-state index in [1.807, 2.05) is 0 Å². The van der Waals surface area contributed by atoms with Gasteiger partial charge in [-0.05, 0) is 109 Å². The van der Waals surface area contributed by atoms with Gasteiger partial charge in [0.25, 0.3) is 5.91 Å². The quantitative estimate of drug-likeness (QED) is 0.106. The van der Waals surface area contributed by atoms with Gasteiger partial charge in [0.1, 0.15) is 65.2 Å². The van der Waals surface area contributed by atoms with Crippen LogP contribution in [0.4, 0.5) is 28.4 Å². The summed E-state index contributed by atoms with van der Waals surface area (Å²) in [4.78, 5) is 80.0. The van der Waals surface area contributed by atoms with E-state index in [0.29, 0.717) is 4.90 Å². The van der Waals surface area contributed by atoms with Gasteiger partial charge in [-0.3, -0.25) is 4.79 Å². The molecule has 1 saturated carbocycles. The summed E-state index contributed by atoms with van der Waals surface area (Å²) in [5.74, 6) is -1.12. The first-order valence-electron chi connectivity index (χ1n) is 23.5. The highest BCUT2D eigenvalue weighted by molar-refractivity contribution is 5.82. The smallest absolute Gasteiger partial charge is 0.410 e. The zero-order chi connectivity index (χ0) is 54.2. The molecule has 0 aromatic carbocycles. The molecule has 6 amide bonds. The lowest BCUT2D eigenvalue weighted by atomic mass is 9.82. The number of aliphatic hydroxyl groups is 4. The van der Waals surface area contributed by atoms with Crippen molar-refractivity contribution >= 4 is 36.4 Å². The van der Waals surface area contributed by atoms with E-state index in [-0.39, 0.29) is 25.9 Å². The Morgan fingerprint density at radius 1 is 0.732 bits per heavy atom. The molecule has 9 N–H and O–H groups in total. The number of aliphatic hydroxyl groups excluding tert-OH is 3. The van der Waals surface area contributed by atoms with Crippen LogP contribution in [0.5, 0.6) is 0 Å². The van der Waals surface area contributed by atoms with E-state index in [0.717, 1.165) is 11.9 Å². The van der Waals surface area contributed by atoms with Gasteiger partial charge in [0, 0.05) is 7.05 Å². The molecule has 410 valence electrons. The number of ether oxygens (including phenoxy) is 8. The van der Waals surface area contributed by atoms with Gasteiger partial charge < -0.3 is 94.5 Å². The molecule has 3 aliphatic rings. The van der Waals surface area contributed by atoms with E-state index in [9.17, 15) is 58.7 Å². The number of hydrogen-bond acceptors (Lipinski definition) is 18. The summed E-state index contributed by atoms with van der Waals surface area (Å²) in [6, 6.07) is -5.47. The van der Waals surface area contributed by atoms with Gasteiger partial charge in [0.05, 0.1) is 56.5 Å². The third-order valence-electron chi connectivity index (χ3n) is 10.8. The minimum absolute atomic E-state index is 0.0910. The summed E-state index contributed by atoms with van der Waals surface area (Å²) >= 11 is 0. The van der Waals surface area contributed by atoms with Crippen molar-refractivity contribution < 1.29 is 96.6 Å². The first kappa shape index (κ1) is 60.7. The van der Waals surface area contributed by atoms with Crippen LogP contribution in [-0.2, 0) is 42.7 Å². The SMILES string of the molecule is CN(C(=O)O)[C@@H]1[C@@H](O)[C@@H](O[C@@H]2[C@@H](O)[C@H](O[C@H]3O[C@H](CN(CCF)C(=O)OC(C)(C)C)CC[C@H]3NC(=O)OC(C)(C)C)[C@@H](NC(=O)OC(C)(C)C)C[C@H]2NC(=O)[C@@H](O)CNC(=O)OC(C)(C)C)OC[C@]1(C)O. The summed E-state index contributed by atoms with van der Waals surface area (Å²) in [6.07, 6.45) is -19.0. The molecule has 3 rings (SSSR count). The van der Waals surface area contributed by atoms with Crippen LogP contribution in [0.3, 0.4) is 0 Å². The van der Waals surface area contributed by atoms with Crippen LogP contribution < -0.4 is 21.3 Å². The van der Waals surface area contributed by atoms with E-state index in [1.54, 1.807) is 83.1 Å². The average Bonchev–Trinajstić information content (AvgIpc) is 3.18. The molecule has 0 spiro atoms. The first-order chi connectivity index (χ1) is 32.4. The summed E-state index contributed by atoms with van der Waals surface area (Å²) < 4.78 is 60.5. The maximum absolute atomic E-state index is 13.9. The monoisotopic (exact) mass is 1030 g/mol. The van der Waals surface area contributed by atoms with Gasteiger partial charge >= 0.3 is 30.5 Å². The number of carbonyl (C=O) groups is 6. The Morgan fingerprint density at radius 3 is 1.73 bits per heavy atom. The molecule has 0 radical (unpaired) electrons. The van der Waals surface area contributed by atoms with Crippen LogP contribution in [-0.4, -0.2) is 213 Å². The van der Waals surface area contributed by atoms with Gasteiger partial charge in [-0.15, -0.1) is 0 Å². The van der Waals surface area contributed by atoms with Crippen molar-refractivity contribution in [1.82, 2.24) is 31.1 Å². The third kappa shape index (κ3) is 19.4. The Morgan fingerprint density at radius 2 is 1.23 bits per heavy atom. The Balaban J connectivity index is 2.15. The normalized spacial score (nSPS) is 29.9. The molecule has 2 saturated heterocycles. The highest BCUT2D eigenvalue weighted by Crippen LogP contribution is 2.35. The standard InChI is InChI=1S/C45H79FN6O19/c1-41(2,3)68-36(57)47-20-27(53)33(56)48-25-19-26(50-38(59)70-43(7,8)9)31(28(54)30(25)67-35-29(55)32(51(14)39(60)61)45(13,63)22-64-35)66-34-24(49-37(58)69-42(4,5)6)16-15-23(65-34)21-52(18-17-46)40(62)71-44(10,11)12/h23-32,34-35,53-55,63H,15-22H2,1-14H3,(H,47,57)(H,48,56)(H,49,58)(H,50,59)(H,60,61)/t23-,24+,25+,26-,27-,28+,29+,30-,31+,32+,34+,35+,45-/m0/s1. The van der Waals surface area contributed by atoms with Crippen LogP contribution in [0, 0.1) is 0 Å². The number of nitrogens with zero attached hydrogens (tertiary/aromatic N) is 2. The number of carboxylic acid groups (broad SMARTS) is 1. The second-order valence-corrected chi connectivity index (χ2v) is 22.1. The Kier molecular flexibility index (Phi) is 20.9. The molecule has 3 fully saturated rings. The largest absolute Gasteiger partial charge is 0.465 e. The highest BCUT2D eigenvalue weighted by atomic mass is 19.1. The van der Waals surface area contributed by atoms with Crippen LogP contribution in [0.1, 0.15) is 109 Å². The second-order valence-electron chi connectivity index (χ2n) is 22.1. The lowest BCUT2D eigenvalue weighted by molar-refractivity contribution is -0.314. The Labute approximate surface area is 414 Å². The molecule has 0 bridgehead atoms. The van der Waals surface area contributed by atoms with E-state index in [1.165, 1.54) is 6.92 Å². The fourth-order valence-electron chi connectivity index (χ4n) is 7.95. The van der Waals surface area contributed by atoms with Gasteiger partial charge in [-0.1, -0.05) is 0 Å². The summed E-state index contributed by atoms with van der Waals surface area (Å²) in [5.41, 5.74) is -5.84. The van der Waals surface area contributed by atoms with Gasteiger partial charge in [-0.2, -0.15) is 0 Å². The minimum Gasteiger partial charge on any atom is -0.465 e. The van der Waals surface area contributed by atoms with Crippen LogP contribution >= 0.6 is 0 Å². The van der Waals surface area contributed by atoms with Crippen molar-refractivity contribution in [2.24, 2.45) is 0 Å². The van der Waals surface area contributed by atoms with Crippen molar-refractivity contribution in [2.45, 2.75) is 211 Å². The zero-order valence-corrected chi connectivity index (χ0v) is 43.3. The van der Waals surface area contributed by atoms with Crippen LogP contribution in [0.2, 0.25) is 0 Å². The van der Waals surface area contributed by atoms with E-state index < -0.39 is 164 Å². The second kappa shape index (κ2) is 24.4. The molecule has 25 nitrogen and oxygen atoms in total. The predicted molar refractivity (Wildman–Crippen MR) is 246 cm³/mol. The highest BCUT2D eigenvalue weighted by Gasteiger charge is 2.55. The van der Waals surface area contributed by atoms with Crippen molar-refractivity contribution in [1.29, 1.82) is 0 Å². The number of carbonyl (C=O) groups excluding carboxylic acids is 5. The summed E-state index contributed by atoms with van der Waals surface area (Å²) in [6.45, 7) is 17.8. The number of alkyl carbamates (subject to hydrolysis) is 3. The number of halogens is 1. The molecule has 0 unspecified atom stereocenters. The summed E-state index contributed by atoms with van der Waals surface area (Å²) in [5, 5.41) is 66.3. The Hall–Kier alpha value is -4.57. The lowest BCUT2D eigenvalue weighted by Crippen LogP contribution is -2.71. The molecule has 13 atom stereocenters. The molecular formula is C45H79FN6O19. The first-order valence-corrected chi connectivity index (χ1v) is 23.5. The van der Waals surface area contributed by atoms with Crippen molar-refractivity contribution in [3.05, 3.63) is 0 Å². The fourth-order valence-corrected chi connectivity index (χ4v) is 7.95. The van der Waals surface area contributed by atoms with Gasteiger partial charge in [0.2, 0.25) is 0 Å². The molecule has 2 aliphatic heterocycles. The molecule has 71 heavy (non-hydrogen) atoms. The van der Waals surface area contributed by atoms with Crippen molar-refractivity contribution in [3.8, 4) is 0 Å². The van der Waals surface area contributed by atoms with Crippen LogP contribution in [0.25, 0.3) is 0 Å². The maximum atomic E-state index is 13.9. The topological polar surface area (TPSA) is 332 Å². The number of alkyl halides is 1. The number of hydrogen-bond donors (Lipinski definition) is 9. The Bertz CT molecular complexity index is 1820. The van der Waals surface area contributed by atoms with Crippen molar-refractivity contribution in [3.63, 3.8) is 0 Å². The number of nitrogens with one attached hydrogen (secondary N) is 4.